The summed E-state index contributed by atoms with van der Waals surface area (Å²) in [5, 5.41) is 21.2. The van der Waals surface area contributed by atoms with Crippen molar-refractivity contribution in [3.05, 3.63) is 46.9 Å². The van der Waals surface area contributed by atoms with Gasteiger partial charge in [-0.2, -0.15) is 0 Å². The summed E-state index contributed by atoms with van der Waals surface area (Å²) in [5.41, 5.74) is 6.45. The average Bonchev–Trinajstić information content (AvgIpc) is 3.10. The van der Waals surface area contributed by atoms with Gasteiger partial charge >= 0.3 is 5.97 Å². The number of fused-ring (bicyclic) bond motifs is 1. The number of nitrogens with two attached hydrogens (primary N) is 1. The van der Waals surface area contributed by atoms with Crippen LogP contribution in [0.25, 0.3) is 11.0 Å². The Morgan fingerprint density at radius 2 is 2.17 bits per heavy atom. The number of carbonyl (C=O) groups is 2. The van der Waals surface area contributed by atoms with Gasteiger partial charge in [0.1, 0.15) is 10.8 Å². The summed E-state index contributed by atoms with van der Waals surface area (Å²) >= 11 is 1.52. The number of carboxylic acids is 1. The molecule has 29 heavy (non-hydrogen) atoms. The van der Waals surface area contributed by atoms with Gasteiger partial charge in [0.15, 0.2) is 5.69 Å². The Morgan fingerprint density at radius 3 is 2.83 bits per heavy atom. The van der Waals surface area contributed by atoms with Crippen molar-refractivity contribution in [1.29, 1.82) is 0 Å². The molecule has 1 saturated heterocycles. The normalized spacial score (nSPS) is 22.0. The first-order valence-electron chi connectivity index (χ1n) is 9.04. The molecule has 152 valence electrons. The molecule has 4 N–H and O–H groups in total. The second-order valence-corrected chi connectivity index (χ2v) is 10.1. The molecule has 0 saturated carbocycles. The summed E-state index contributed by atoms with van der Waals surface area (Å²) in [5.74, 6) is -1.72. The molecule has 2 unspecified atom stereocenters. The molecule has 2 aliphatic heterocycles. The van der Waals surface area contributed by atoms with Gasteiger partial charge in [-0.15, -0.1) is 21.1 Å². The number of piperidine rings is 1. The summed E-state index contributed by atoms with van der Waals surface area (Å²) in [6.07, 6.45) is 3.76. The number of carbonyl (C=O) groups excluding carboxylic acids is 1. The third-order valence-electron chi connectivity index (χ3n) is 4.77. The lowest BCUT2D eigenvalue weighted by Crippen LogP contribution is -2.31. The van der Waals surface area contributed by atoms with E-state index in [2.05, 4.69) is 15.5 Å². The molecule has 0 aliphatic carbocycles. The smallest absolute Gasteiger partial charge is 0.357 e. The second kappa shape index (κ2) is 8.13. The third-order valence-corrected chi connectivity index (χ3v) is 8.24. The van der Waals surface area contributed by atoms with E-state index in [-0.39, 0.29) is 10.9 Å². The van der Waals surface area contributed by atoms with E-state index < -0.39 is 27.9 Å². The monoisotopic (exact) mass is 434 g/mol. The molecular weight excluding hydrogens is 415 g/mol. The third kappa shape index (κ3) is 3.87. The van der Waals surface area contributed by atoms with Crippen LogP contribution < -0.4 is 11.1 Å². The Bertz CT molecular complexity index is 1020. The largest absolute Gasteiger partial charge is 0.476 e. The van der Waals surface area contributed by atoms with Crippen molar-refractivity contribution < 1.29 is 19.1 Å². The molecule has 7 nitrogen and oxygen atoms in total. The predicted molar refractivity (Wildman–Crippen MR) is 112 cm³/mol. The minimum atomic E-state index is -1.84. The predicted octanol–water partition coefficient (Wildman–Crippen LogP) is 3.11. The van der Waals surface area contributed by atoms with Crippen LogP contribution in [-0.2, 0) is 0 Å². The number of hydrogen-bond acceptors (Lipinski definition) is 6. The Kier molecular flexibility index (Phi) is 5.57. The van der Waals surface area contributed by atoms with Gasteiger partial charge in [0.05, 0.1) is 0 Å². The molecule has 0 radical (unpaired) electrons. The number of primary amides is 1. The van der Waals surface area contributed by atoms with Crippen LogP contribution in [0.4, 0.5) is 9.18 Å². The molecule has 1 aromatic heterocycles. The zero-order valence-electron chi connectivity index (χ0n) is 15.3. The van der Waals surface area contributed by atoms with E-state index >= 15 is 0 Å². The number of amides is 1. The number of thioether (sulfide) groups is 1. The van der Waals surface area contributed by atoms with E-state index in [1.54, 1.807) is 18.2 Å². The molecule has 0 bridgehead atoms. The lowest BCUT2D eigenvalue weighted by molar-refractivity contribution is 0.0684. The fraction of sp³-hybridized carbons (Fsp3) is 0.263. The number of nitrogens with one attached hydrogen (secondary N) is 1. The first kappa shape index (κ1) is 19.9. The molecule has 1 fully saturated rings. The topological polar surface area (TPSA) is 118 Å². The number of halogens is 1. The van der Waals surface area contributed by atoms with Gasteiger partial charge in [0.2, 0.25) is 0 Å². The minimum absolute atomic E-state index is 0.268. The maximum absolute atomic E-state index is 13.8. The van der Waals surface area contributed by atoms with Gasteiger partial charge in [-0.05, 0) is 43.2 Å². The molecule has 2 aromatic rings. The standard InChI is InChI=1S/C19H19FN4O3S2/c20-11-4-1-3-10(7-11)14-8-13-16(29(14)19(21)27)15(18(25)26)23-24-17(13)28-12-5-2-6-22-9-12/h1,3-4,7-8,12,22,29H,2,5-6,9H2,(H2,21,27)(H,25,26). The van der Waals surface area contributed by atoms with Gasteiger partial charge in [0.25, 0.3) is 5.24 Å². The van der Waals surface area contributed by atoms with Crippen LogP contribution >= 0.6 is 22.7 Å². The first-order chi connectivity index (χ1) is 14.0. The number of benzene rings is 1. The minimum Gasteiger partial charge on any atom is -0.476 e. The van der Waals surface area contributed by atoms with Crippen molar-refractivity contribution in [2.75, 3.05) is 13.1 Å². The Morgan fingerprint density at radius 1 is 1.34 bits per heavy atom. The van der Waals surface area contributed by atoms with Crippen LogP contribution in [0.15, 0.2) is 34.2 Å². The molecule has 10 heteroatoms. The van der Waals surface area contributed by atoms with E-state index in [1.165, 1.54) is 23.9 Å². The number of nitrogens with zero attached hydrogens (tertiary/aromatic N) is 2. The highest BCUT2D eigenvalue weighted by atomic mass is 32.2. The van der Waals surface area contributed by atoms with Crippen molar-refractivity contribution in [2.24, 2.45) is 5.73 Å². The van der Waals surface area contributed by atoms with Crippen LogP contribution in [-0.4, -0.2) is 44.9 Å². The molecule has 0 spiro atoms. The van der Waals surface area contributed by atoms with Crippen molar-refractivity contribution in [2.45, 2.75) is 28.0 Å². The van der Waals surface area contributed by atoms with Gasteiger partial charge in [0, 0.05) is 27.2 Å². The van der Waals surface area contributed by atoms with Crippen LogP contribution in [0.2, 0.25) is 0 Å². The fourth-order valence-corrected chi connectivity index (χ4v) is 6.87. The number of aromatic nitrogens is 2. The number of thiol groups is 1. The zero-order chi connectivity index (χ0) is 20.5. The SMILES string of the molecule is NC(=O)[SH]1C(c2cccc(F)c2)=Cc2c(SC3CCCNC3)nnc(C(=O)O)c21. The maximum Gasteiger partial charge on any atom is 0.357 e. The van der Waals surface area contributed by atoms with Gasteiger partial charge in [-0.3, -0.25) is 4.79 Å². The van der Waals surface area contributed by atoms with Crippen molar-refractivity contribution in [3.8, 4) is 0 Å². The summed E-state index contributed by atoms with van der Waals surface area (Å²) in [6.45, 7) is 1.78. The molecule has 2 atom stereocenters. The average molecular weight is 435 g/mol. The van der Waals surface area contributed by atoms with Crippen molar-refractivity contribution in [3.63, 3.8) is 0 Å². The summed E-state index contributed by atoms with van der Waals surface area (Å²) in [4.78, 5) is 25.0. The quantitative estimate of drug-likeness (QED) is 0.546. The van der Waals surface area contributed by atoms with Crippen LogP contribution in [0.5, 0.6) is 0 Å². The Hall–Kier alpha value is -2.43. The number of carboxylic acid groups (broad SMARTS) is 1. The van der Waals surface area contributed by atoms with E-state index in [0.29, 0.717) is 26.0 Å². The fourth-order valence-electron chi connectivity index (χ4n) is 3.50. The lowest BCUT2D eigenvalue weighted by atomic mass is 10.1. The summed E-state index contributed by atoms with van der Waals surface area (Å²) in [7, 11) is -1.84. The van der Waals surface area contributed by atoms with E-state index in [4.69, 9.17) is 5.73 Å². The van der Waals surface area contributed by atoms with Crippen LogP contribution in [0.1, 0.15) is 34.5 Å². The molecule has 1 aromatic carbocycles. The number of hydrogen-bond donors (Lipinski definition) is 4. The zero-order valence-corrected chi connectivity index (χ0v) is 17.0. The highest BCUT2D eigenvalue weighted by molar-refractivity contribution is 8.37. The first-order valence-corrected chi connectivity index (χ1v) is 11.3. The Labute approximate surface area is 173 Å². The molecular formula is C19H19FN4O3S2. The van der Waals surface area contributed by atoms with E-state index in [9.17, 15) is 19.1 Å². The van der Waals surface area contributed by atoms with Crippen LogP contribution in [0.3, 0.4) is 0 Å². The van der Waals surface area contributed by atoms with Gasteiger partial charge in [-0.1, -0.05) is 23.9 Å². The molecule has 2 aliphatic rings. The number of rotatable bonds is 4. The van der Waals surface area contributed by atoms with E-state index in [1.807, 2.05) is 0 Å². The van der Waals surface area contributed by atoms with Crippen LogP contribution in [0, 0.1) is 5.82 Å². The summed E-state index contributed by atoms with van der Waals surface area (Å²) in [6, 6.07) is 5.84. The maximum atomic E-state index is 13.8. The Balaban J connectivity index is 1.85. The summed E-state index contributed by atoms with van der Waals surface area (Å²) < 4.78 is 13.8. The van der Waals surface area contributed by atoms with Gasteiger partial charge in [-0.25, -0.2) is 9.18 Å². The lowest BCUT2D eigenvalue weighted by Gasteiger charge is -2.23. The van der Waals surface area contributed by atoms with Crippen molar-refractivity contribution in [1.82, 2.24) is 15.5 Å². The molecule has 3 heterocycles. The van der Waals surface area contributed by atoms with E-state index in [0.717, 1.165) is 25.9 Å². The highest BCUT2D eigenvalue weighted by Crippen LogP contribution is 2.58. The van der Waals surface area contributed by atoms with Gasteiger partial charge < -0.3 is 16.2 Å². The molecule has 4 rings (SSSR count). The highest BCUT2D eigenvalue weighted by Gasteiger charge is 2.35. The molecule has 1 amide bonds. The second-order valence-electron chi connectivity index (χ2n) is 6.72. The van der Waals surface area contributed by atoms with Crippen molar-refractivity contribution >= 4 is 44.8 Å². The number of aromatic carboxylic acids is 1.